The van der Waals surface area contributed by atoms with Gasteiger partial charge in [0.15, 0.2) is 0 Å². The molecule has 0 aliphatic carbocycles. The number of hydrogen-bond acceptors (Lipinski definition) is 3. The molecule has 0 spiro atoms. The summed E-state index contributed by atoms with van der Waals surface area (Å²) in [5, 5.41) is 2.01. The van der Waals surface area contributed by atoms with Crippen LogP contribution in [0.15, 0.2) is 60.0 Å². The molecule has 3 heteroatoms. The van der Waals surface area contributed by atoms with Crippen molar-refractivity contribution in [1.82, 2.24) is 0 Å². The van der Waals surface area contributed by atoms with Crippen molar-refractivity contribution in [3.63, 3.8) is 0 Å². The van der Waals surface area contributed by atoms with E-state index in [0.29, 0.717) is 0 Å². The Balaban J connectivity index is 1.95. The Morgan fingerprint density at radius 3 is 1.68 bits per heavy atom. The highest BCUT2D eigenvalue weighted by Crippen LogP contribution is 2.32. The van der Waals surface area contributed by atoms with Gasteiger partial charge in [-0.1, -0.05) is 36.4 Å². The van der Waals surface area contributed by atoms with Crippen molar-refractivity contribution in [3.8, 4) is 21.6 Å². The monoisotopic (exact) mass is 266 g/mol. The smallest absolute Gasteiger partial charge is 0.0572 e. The summed E-state index contributed by atoms with van der Waals surface area (Å²) in [5.74, 6) is 0. The molecule has 19 heavy (non-hydrogen) atoms. The number of anilines is 2. The average molecular weight is 266 g/mol. The Labute approximate surface area is 116 Å². The molecule has 0 saturated carbocycles. The predicted molar refractivity (Wildman–Crippen MR) is 84.0 cm³/mol. The molecule has 2 nitrogen and oxygen atoms in total. The summed E-state index contributed by atoms with van der Waals surface area (Å²) in [5.41, 5.74) is 16.8. The van der Waals surface area contributed by atoms with Crippen molar-refractivity contribution < 1.29 is 0 Å². The van der Waals surface area contributed by atoms with Crippen LogP contribution in [0.3, 0.4) is 0 Å². The first-order chi connectivity index (χ1) is 9.24. The van der Waals surface area contributed by atoms with Gasteiger partial charge in [-0.3, -0.25) is 0 Å². The molecule has 3 aromatic rings. The van der Waals surface area contributed by atoms with E-state index in [1.54, 1.807) is 11.3 Å². The van der Waals surface area contributed by atoms with Crippen molar-refractivity contribution in [2.24, 2.45) is 0 Å². The van der Waals surface area contributed by atoms with Crippen LogP contribution in [0.2, 0.25) is 0 Å². The van der Waals surface area contributed by atoms with Crippen molar-refractivity contribution in [2.75, 3.05) is 11.5 Å². The van der Waals surface area contributed by atoms with Gasteiger partial charge in [0.05, 0.1) is 10.6 Å². The summed E-state index contributed by atoms with van der Waals surface area (Å²) in [4.78, 5) is 1.13. The van der Waals surface area contributed by atoms with Crippen molar-refractivity contribution >= 4 is 22.7 Å². The number of hydrogen-bond donors (Lipinski definition) is 2. The van der Waals surface area contributed by atoms with Gasteiger partial charge in [-0.05, 0) is 40.3 Å². The van der Waals surface area contributed by atoms with Crippen LogP contribution in [0.25, 0.3) is 21.6 Å². The molecule has 0 fully saturated rings. The first-order valence-electron chi connectivity index (χ1n) is 6.03. The third-order valence-electron chi connectivity index (χ3n) is 3.09. The van der Waals surface area contributed by atoms with Gasteiger partial charge >= 0.3 is 0 Å². The molecule has 0 atom stereocenters. The van der Waals surface area contributed by atoms with E-state index in [1.165, 1.54) is 11.1 Å². The lowest BCUT2D eigenvalue weighted by molar-refractivity contribution is 1.61. The van der Waals surface area contributed by atoms with E-state index in [4.69, 9.17) is 11.5 Å². The number of thiophene rings is 1. The fraction of sp³-hybridized carbons (Fsp3) is 0. The molecule has 0 unspecified atom stereocenters. The summed E-state index contributed by atoms with van der Waals surface area (Å²) >= 11 is 1.66. The minimum atomic E-state index is 0.784. The quantitative estimate of drug-likeness (QED) is 0.681. The third kappa shape index (κ3) is 2.33. The maximum Gasteiger partial charge on any atom is 0.0572 e. The first-order valence-corrected chi connectivity index (χ1v) is 6.91. The molecule has 0 radical (unpaired) electrons. The molecule has 2 aromatic carbocycles. The Kier molecular flexibility index (Phi) is 2.97. The molecule has 3 rings (SSSR count). The predicted octanol–water partition coefficient (Wildman–Crippen LogP) is 4.25. The second kappa shape index (κ2) is 4.78. The van der Waals surface area contributed by atoms with Gasteiger partial charge in [0.1, 0.15) is 0 Å². The van der Waals surface area contributed by atoms with Gasteiger partial charge in [-0.15, -0.1) is 11.3 Å². The van der Waals surface area contributed by atoms with Gasteiger partial charge in [0.2, 0.25) is 0 Å². The van der Waals surface area contributed by atoms with Crippen LogP contribution in [-0.2, 0) is 0 Å². The molecule has 0 saturated heterocycles. The zero-order chi connectivity index (χ0) is 13.2. The fourth-order valence-corrected chi connectivity index (χ4v) is 2.87. The van der Waals surface area contributed by atoms with Crippen molar-refractivity contribution in [2.45, 2.75) is 0 Å². The largest absolute Gasteiger partial charge is 0.399 e. The molecular formula is C16H14N2S. The van der Waals surface area contributed by atoms with Crippen LogP contribution in [0.5, 0.6) is 0 Å². The van der Waals surface area contributed by atoms with Gasteiger partial charge < -0.3 is 11.5 Å². The molecule has 0 amide bonds. The maximum absolute atomic E-state index is 5.93. The van der Waals surface area contributed by atoms with E-state index < -0.39 is 0 Å². The highest BCUT2D eigenvalue weighted by Gasteiger charge is 2.04. The molecule has 1 aromatic heterocycles. The Morgan fingerprint density at radius 1 is 0.632 bits per heavy atom. The number of nitrogens with two attached hydrogens (primary N) is 2. The topological polar surface area (TPSA) is 52.0 Å². The van der Waals surface area contributed by atoms with E-state index in [2.05, 4.69) is 24.3 Å². The van der Waals surface area contributed by atoms with E-state index in [1.807, 2.05) is 35.7 Å². The summed E-state index contributed by atoms with van der Waals surface area (Å²) in [6.07, 6.45) is 0. The second-order valence-electron chi connectivity index (χ2n) is 4.40. The summed E-state index contributed by atoms with van der Waals surface area (Å²) in [6, 6.07) is 18.3. The summed E-state index contributed by atoms with van der Waals surface area (Å²) in [7, 11) is 0. The molecule has 0 bridgehead atoms. The van der Waals surface area contributed by atoms with Crippen molar-refractivity contribution in [1.29, 1.82) is 0 Å². The lowest BCUT2D eigenvalue weighted by Crippen LogP contribution is -1.85. The standard InChI is InChI=1S/C16H14N2S/c17-14-7-5-12(6-8-14)11-1-3-13(4-2-11)16-15(18)9-10-19-16/h1-10H,17-18H2. The van der Waals surface area contributed by atoms with Gasteiger partial charge in [-0.2, -0.15) is 0 Å². The minimum absolute atomic E-state index is 0.784. The van der Waals surface area contributed by atoms with Crippen LogP contribution >= 0.6 is 11.3 Å². The minimum Gasteiger partial charge on any atom is -0.399 e. The number of nitrogen functional groups attached to an aromatic ring is 2. The highest BCUT2D eigenvalue weighted by molar-refractivity contribution is 7.14. The van der Waals surface area contributed by atoms with Crippen LogP contribution < -0.4 is 11.5 Å². The van der Waals surface area contributed by atoms with Crippen molar-refractivity contribution in [3.05, 3.63) is 60.0 Å². The molecular weight excluding hydrogens is 252 g/mol. The molecule has 94 valence electrons. The molecule has 0 aliphatic rings. The highest BCUT2D eigenvalue weighted by atomic mass is 32.1. The SMILES string of the molecule is Nc1ccc(-c2ccc(-c3sccc3N)cc2)cc1. The zero-order valence-electron chi connectivity index (χ0n) is 10.3. The van der Waals surface area contributed by atoms with Crippen LogP contribution in [0.4, 0.5) is 11.4 Å². The van der Waals surface area contributed by atoms with Gasteiger partial charge in [0, 0.05) is 5.69 Å². The first kappa shape index (κ1) is 11.8. The van der Waals surface area contributed by atoms with E-state index in [-0.39, 0.29) is 0 Å². The second-order valence-corrected chi connectivity index (χ2v) is 5.32. The normalized spacial score (nSPS) is 10.5. The fourth-order valence-electron chi connectivity index (χ4n) is 2.04. The van der Waals surface area contributed by atoms with Gasteiger partial charge in [-0.25, -0.2) is 0 Å². The lowest BCUT2D eigenvalue weighted by Gasteiger charge is -2.04. The van der Waals surface area contributed by atoms with E-state index in [0.717, 1.165) is 21.8 Å². The number of benzene rings is 2. The molecule has 4 N–H and O–H groups in total. The summed E-state index contributed by atoms with van der Waals surface area (Å²) < 4.78 is 0. The zero-order valence-corrected chi connectivity index (χ0v) is 11.2. The van der Waals surface area contributed by atoms with Gasteiger partial charge in [0.25, 0.3) is 0 Å². The number of rotatable bonds is 2. The van der Waals surface area contributed by atoms with E-state index in [9.17, 15) is 0 Å². The van der Waals surface area contributed by atoms with E-state index >= 15 is 0 Å². The maximum atomic E-state index is 5.93. The molecule has 0 aliphatic heterocycles. The average Bonchev–Trinajstić information content (AvgIpc) is 2.86. The van der Waals surface area contributed by atoms with Crippen LogP contribution in [-0.4, -0.2) is 0 Å². The summed E-state index contributed by atoms with van der Waals surface area (Å²) in [6.45, 7) is 0. The Hall–Kier alpha value is -2.26. The Morgan fingerprint density at radius 2 is 1.16 bits per heavy atom. The lowest BCUT2D eigenvalue weighted by atomic mass is 10.0. The van der Waals surface area contributed by atoms with Crippen LogP contribution in [0.1, 0.15) is 0 Å². The van der Waals surface area contributed by atoms with Crippen LogP contribution in [0, 0.1) is 0 Å². The molecule has 1 heterocycles. The Bertz CT molecular complexity index is 682. The third-order valence-corrected chi connectivity index (χ3v) is 4.07.